The number of amides is 1. The largest absolute Gasteiger partial charge is 0.444 e. The van der Waals surface area contributed by atoms with Crippen molar-refractivity contribution in [1.82, 2.24) is 4.90 Å². The lowest BCUT2D eigenvalue weighted by Gasteiger charge is -2.32. The molecule has 24 heavy (non-hydrogen) atoms. The van der Waals surface area contributed by atoms with E-state index in [1.54, 1.807) is 0 Å². The summed E-state index contributed by atoms with van der Waals surface area (Å²) in [4.78, 5) is 27.5. The van der Waals surface area contributed by atoms with Crippen molar-refractivity contribution in [3.05, 3.63) is 47.5 Å². The van der Waals surface area contributed by atoms with Crippen molar-refractivity contribution in [3.63, 3.8) is 0 Å². The van der Waals surface area contributed by atoms with Crippen LogP contribution in [0.1, 0.15) is 56.8 Å². The molecule has 1 fully saturated rings. The zero-order valence-corrected chi connectivity index (χ0v) is 14.6. The van der Waals surface area contributed by atoms with Gasteiger partial charge in [0.1, 0.15) is 5.60 Å². The third-order valence-corrected chi connectivity index (χ3v) is 4.63. The van der Waals surface area contributed by atoms with Crippen LogP contribution in [0.2, 0.25) is 0 Å². The molecule has 0 unspecified atom stereocenters. The Labute approximate surface area is 143 Å². The van der Waals surface area contributed by atoms with Crippen molar-refractivity contribution in [2.75, 3.05) is 0 Å². The molecule has 128 valence electrons. The van der Waals surface area contributed by atoms with Crippen LogP contribution >= 0.6 is 0 Å². The van der Waals surface area contributed by atoms with Gasteiger partial charge in [-0.1, -0.05) is 36.4 Å². The molecule has 0 aromatic heterocycles. The number of hydrogen-bond donors (Lipinski definition) is 0. The van der Waals surface area contributed by atoms with Gasteiger partial charge >= 0.3 is 6.09 Å². The predicted octanol–water partition coefficient (Wildman–Crippen LogP) is 4.36. The molecule has 4 heteroatoms. The summed E-state index contributed by atoms with van der Waals surface area (Å²) in [7, 11) is 0. The van der Waals surface area contributed by atoms with E-state index in [4.69, 9.17) is 4.74 Å². The van der Waals surface area contributed by atoms with E-state index in [9.17, 15) is 9.59 Å². The molecule has 0 aliphatic carbocycles. The molecule has 2 aliphatic heterocycles. The predicted molar refractivity (Wildman–Crippen MR) is 93.0 cm³/mol. The fourth-order valence-corrected chi connectivity index (χ4v) is 3.63. The van der Waals surface area contributed by atoms with Crippen molar-refractivity contribution in [2.45, 2.75) is 64.1 Å². The Kier molecular flexibility index (Phi) is 4.48. The van der Waals surface area contributed by atoms with Gasteiger partial charge in [-0.3, -0.25) is 9.69 Å². The van der Waals surface area contributed by atoms with Crippen LogP contribution < -0.4 is 0 Å². The Hall–Kier alpha value is -2.10. The molecule has 0 saturated carbocycles. The third kappa shape index (κ3) is 3.37. The first-order chi connectivity index (χ1) is 11.4. The van der Waals surface area contributed by atoms with Crippen molar-refractivity contribution in [3.8, 4) is 0 Å². The number of carbonyl (C=O) groups is 2. The molecule has 2 atom stereocenters. The summed E-state index contributed by atoms with van der Waals surface area (Å²) in [5.41, 5.74) is 0.890. The van der Waals surface area contributed by atoms with E-state index in [0.717, 1.165) is 31.3 Å². The van der Waals surface area contributed by atoms with Gasteiger partial charge < -0.3 is 4.74 Å². The lowest BCUT2D eigenvalue weighted by molar-refractivity contribution is 0.0173. The summed E-state index contributed by atoms with van der Waals surface area (Å²) in [5.74, 6) is 0.0247. The number of benzene rings is 1. The molecule has 3 rings (SSSR count). The van der Waals surface area contributed by atoms with Crippen molar-refractivity contribution < 1.29 is 14.3 Å². The van der Waals surface area contributed by atoms with Gasteiger partial charge in [-0.05, 0) is 46.5 Å². The standard InChI is InChI=1S/C20H25NO3/c1-20(2,3)24-19(23)21-15-10-7-11-16(17(21)13-12-15)18(22)14-8-5-4-6-9-14/h4-6,8-9,11,15,17H,7,10,12-13H2,1-3H3/t15-,17-/m1/s1. The average Bonchev–Trinajstić information content (AvgIpc) is 2.82. The highest BCUT2D eigenvalue weighted by molar-refractivity contribution is 6.09. The number of nitrogens with zero attached hydrogens (tertiary/aromatic N) is 1. The summed E-state index contributed by atoms with van der Waals surface area (Å²) in [6, 6.07) is 9.30. The lowest BCUT2D eigenvalue weighted by Crippen LogP contribution is -2.45. The molecule has 1 aromatic carbocycles. The molecule has 2 bridgehead atoms. The van der Waals surface area contributed by atoms with Gasteiger partial charge in [-0.2, -0.15) is 0 Å². The fourth-order valence-electron chi connectivity index (χ4n) is 3.63. The van der Waals surface area contributed by atoms with E-state index in [-0.39, 0.29) is 24.0 Å². The van der Waals surface area contributed by atoms with E-state index in [0.29, 0.717) is 5.56 Å². The number of carbonyl (C=O) groups excluding carboxylic acids is 2. The molecule has 4 nitrogen and oxygen atoms in total. The number of Topliss-reactive ketones (excluding diaryl/α,β-unsaturated/α-hetero) is 1. The number of ether oxygens (including phenoxy) is 1. The first-order valence-electron chi connectivity index (χ1n) is 8.68. The second-order valence-electron chi connectivity index (χ2n) is 7.57. The molecule has 1 amide bonds. The van der Waals surface area contributed by atoms with E-state index < -0.39 is 5.60 Å². The third-order valence-electron chi connectivity index (χ3n) is 4.63. The lowest BCUT2D eigenvalue weighted by atomic mass is 9.93. The van der Waals surface area contributed by atoms with Gasteiger partial charge in [0.05, 0.1) is 6.04 Å². The molecule has 0 radical (unpaired) electrons. The second kappa shape index (κ2) is 6.42. The summed E-state index contributed by atoms with van der Waals surface area (Å²) in [6.45, 7) is 5.61. The van der Waals surface area contributed by atoms with Crippen LogP contribution in [0.4, 0.5) is 4.79 Å². The highest BCUT2D eigenvalue weighted by atomic mass is 16.6. The van der Waals surface area contributed by atoms with Crippen molar-refractivity contribution in [2.24, 2.45) is 0 Å². The number of rotatable bonds is 2. The molecule has 1 aromatic rings. The number of ketones is 1. The van der Waals surface area contributed by atoms with Crippen LogP contribution in [0, 0.1) is 0 Å². The highest BCUT2D eigenvalue weighted by Gasteiger charge is 2.43. The number of fused-ring (bicyclic) bond motifs is 2. The zero-order chi connectivity index (χ0) is 17.3. The fraction of sp³-hybridized carbons (Fsp3) is 0.500. The Bertz CT molecular complexity index is 657. The summed E-state index contributed by atoms with van der Waals surface area (Å²) in [5, 5.41) is 0. The van der Waals surface area contributed by atoms with Crippen LogP contribution in [0.15, 0.2) is 42.0 Å². The molecule has 0 N–H and O–H groups in total. The SMILES string of the molecule is CC(C)(C)OC(=O)N1[C@@H]2CCC=C(C(=O)c3ccccc3)[C@H]1CC2. The summed E-state index contributed by atoms with van der Waals surface area (Å²) < 4.78 is 5.60. The van der Waals surface area contributed by atoms with Gasteiger partial charge in [-0.25, -0.2) is 4.79 Å². The first kappa shape index (κ1) is 16.7. The van der Waals surface area contributed by atoms with E-state index >= 15 is 0 Å². The quantitative estimate of drug-likeness (QED) is 0.758. The zero-order valence-electron chi connectivity index (χ0n) is 14.6. The first-order valence-corrected chi connectivity index (χ1v) is 8.68. The van der Waals surface area contributed by atoms with Gasteiger partial charge in [0.2, 0.25) is 0 Å². The van der Waals surface area contributed by atoms with E-state index in [1.807, 2.05) is 62.1 Å². The topological polar surface area (TPSA) is 46.6 Å². The Morgan fingerprint density at radius 3 is 2.46 bits per heavy atom. The van der Waals surface area contributed by atoms with Crippen LogP contribution in [0.3, 0.4) is 0 Å². The second-order valence-corrected chi connectivity index (χ2v) is 7.57. The van der Waals surface area contributed by atoms with Crippen LogP contribution in [-0.2, 0) is 4.74 Å². The van der Waals surface area contributed by atoms with Crippen LogP contribution in [0.5, 0.6) is 0 Å². The minimum atomic E-state index is -0.532. The van der Waals surface area contributed by atoms with Crippen molar-refractivity contribution in [1.29, 1.82) is 0 Å². The minimum absolute atomic E-state index is 0.0247. The Morgan fingerprint density at radius 1 is 1.08 bits per heavy atom. The van der Waals surface area contributed by atoms with E-state index in [1.165, 1.54) is 0 Å². The molecule has 0 spiro atoms. The maximum absolute atomic E-state index is 12.9. The van der Waals surface area contributed by atoms with E-state index in [2.05, 4.69) is 0 Å². The average molecular weight is 327 g/mol. The molecule has 2 heterocycles. The minimum Gasteiger partial charge on any atom is -0.444 e. The van der Waals surface area contributed by atoms with Crippen LogP contribution in [0.25, 0.3) is 0 Å². The van der Waals surface area contributed by atoms with Crippen LogP contribution in [-0.4, -0.2) is 34.5 Å². The maximum atomic E-state index is 12.9. The summed E-state index contributed by atoms with van der Waals surface area (Å²) in [6.07, 6.45) is 5.20. The molecule has 1 saturated heterocycles. The maximum Gasteiger partial charge on any atom is 0.411 e. The van der Waals surface area contributed by atoms with Gasteiger partial charge in [0, 0.05) is 17.2 Å². The molecule has 2 aliphatic rings. The number of hydrogen-bond acceptors (Lipinski definition) is 3. The Balaban J connectivity index is 1.88. The smallest absolute Gasteiger partial charge is 0.411 e. The normalized spacial score (nSPS) is 23.5. The monoisotopic (exact) mass is 327 g/mol. The van der Waals surface area contributed by atoms with Gasteiger partial charge in [0.25, 0.3) is 0 Å². The van der Waals surface area contributed by atoms with Crippen molar-refractivity contribution >= 4 is 11.9 Å². The Morgan fingerprint density at radius 2 is 1.79 bits per heavy atom. The molecular weight excluding hydrogens is 302 g/mol. The summed E-state index contributed by atoms with van der Waals surface area (Å²) >= 11 is 0. The van der Waals surface area contributed by atoms with Gasteiger partial charge in [0.15, 0.2) is 5.78 Å². The number of allylic oxidation sites excluding steroid dienone is 1. The molecular formula is C20H25NO3. The highest BCUT2D eigenvalue weighted by Crippen LogP contribution is 2.37. The van der Waals surface area contributed by atoms with Gasteiger partial charge in [-0.15, -0.1) is 0 Å².